The lowest BCUT2D eigenvalue weighted by Gasteiger charge is -2.51. The number of amides is 1. The first-order chi connectivity index (χ1) is 12.1. The van der Waals surface area contributed by atoms with Gasteiger partial charge in [0.2, 0.25) is 0 Å². The third-order valence-electron chi connectivity index (χ3n) is 6.32. The van der Waals surface area contributed by atoms with Crippen molar-refractivity contribution in [3.05, 3.63) is 0 Å². The molecular weight excluding hydrogens is 332 g/mol. The Labute approximate surface area is 158 Å². The van der Waals surface area contributed by atoms with E-state index in [0.29, 0.717) is 0 Å². The van der Waals surface area contributed by atoms with E-state index in [0.717, 1.165) is 64.8 Å². The fraction of sp³-hybridized carbons (Fsp3) is 0.947. The Morgan fingerprint density at radius 3 is 2.27 bits per heavy atom. The summed E-state index contributed by atoms with van der Waals surface area (Å²) in [5, 5.41) is 3.06. The topological polar surface area (TPSA) is 44.8 Å². The van der Waals surface area contributed by atoms with E-state index in [4.69, 9.17) is 12.6 Å². The molecule has 1 spiro atoms. The van der Waals surface area contributed by atoms with Gasteiger partial charge in [-0.1, -0.05) is 0 Å². The van der Waals surface area contributed by atoms with Crippen LogP contribution in [0.2, 0.25) is 0 Å². The van der Waals surface area contributed by atoms with Crippen molar-refractivity contribution in [3.8, 4) is 0 Å². The van der Waals surface area contributed by atoms with Gasteiger partial charge in [0, 0.05) is 25.7 Å². The molecule has 1 unspecified atom stereocenters. The van der Waals surface area contributed by atoms with Crippen molar-refractivity contribution in [2.45, 2.75) is 70.1 Å². The highest BCUT2D eigenvalue weighted by atomic mass is 19.1. The first-order valence-electron chi connectivity index (χ1n) is 10.0. The predicted molar refractivity (Wildman–Crippen MR) is 101 cm³/mol. The van der Waals surface area contributed by atoms with Crippen LogP contribution in [0.1, 0.15) is 52.9 Å². The zero-order chi connectivity index (χ0) is 19.0. The Bertz CT molecular complexity index is 505. The number of nitrogens with zero attached hydrogens (tertiary/aromatic N) is 2. The number of hydrogen-bond donors (Lipinski definition) is 1. The number of ether oxygens (including phenoxy) is 1. The molecule has 0 saturated carbocycles. The number of hydrogen-bond acceptors (Lipinski definition) is 4. The largest absolute Gasteiger partial charge is 0.444 e. The van der Waals surface area contributed by atoms with Crippen molar-refractivity contribution in [2.75, 3.05) is 39.3 Å². The van der Waals surface area contributed by atoms with Gasteiger partial charge in [-0.3, -0.25) is 9.29 Å². The summed E-state index contributed by atoms with van der Waals surface area (Å²) in [6, 6.07) is -0.178. The van der Waals surface area contributed by atoms with Crippen LogP contribution in [0.3, 0.4) is 0 Å². The standard InChI is InChI=1S/C19H33BFN3O2/c1-17(2,3)26-16(25)24-12-7-18(8-13-24)5-10-23(11-6-18)15-4-9-22-14-19(15,20)21/h15,22H,4-14H2,1-3H3/t15-,19?/m1/s1. The number of carbonyl (C=O) groups is 1. The van der Waals surface area contributed by atoms with Crippen molar-refractivity contribution in [2.24, 2.45) is 5.41 Å². The average Bonchev–Trinajstić information content (AvgIpc) is 2.55. The highest BCUT2D eigenvalue weighted by molar-refractivity contribution is 6.15. The molecule has 1 N–H and O–H groups in total. The van der Waals surface area contributed by atoms with E-state index in [1.54, 1.807) is 0 Å². The van der Waals surface area contributed by atoms with Crippen LogP contribution in [0.25, 0.3) is 0 Å². The molecule has 146 valence electrons. The molecule has 5 nitrogen and oxygen atoms in total. The smallest absolute Gasteiger partial charge is 0.410 e. The molecule has 0 aromatic rings. The Morgan fingerprint density at radius 1 is 1.15 bits per heavy atom. The molecule has 0 bridgehead atoms. The van der Waals surface area contributed by atoms with E-state index in [1.807, 2.05) is 25.7 Å². The van der Waals surface area contributed by atoms with E-state index in [1.165, 1.54) is 0 Å². The molecular formula is C19H33BFN3O2. The summed E-state index contributed by atoms with van der Waals surface area (Å²) in [4.78, 5) is 16.3. The van der Waals surface area contributed by atoms with Crippen molar-refractivity contribution >= 4 is 13.9 Å². The van der Waals surface area contributed by atoms with Crippen LogP contribution >= 0.6 is 0 Å². The summed E-state index contributed by atoms with van der Waals surface area (Å²) in [7, 11) is 5.90. The zero-order valence-corrected chi connectivity index (χ0v) is 16.5. The van der Waals surface area contributed by atoms with Crippen LogP contribution < -0.4 is 5.32 Å². The molecule has 3 aliphatic heterocycles. The molecule has 2 radical (unpaired) electrons. The number of rotatable bonds is 1. The normalized spacial score (nSPS) is 33.2. The second-order valence-electron chi connectivity index (χ2n) is 9.41. The molecule has 0 aromatic carbocycles. The number of halogens is 1. The van der Waals surface area contributed by atoms with E-state index in [2.05, 4.69) is 10.2 Å². The molecule has 3 fully saturated rings. The third kappa shape index (κ3) is 4.53. The van der Waals surface area contributed by atoms with Crippen LogP contribution in [-0.4, -0.2) is 80.2 Å². The lowest BCUT2D eigenvalue weighted by molar-refractivity contribution is -0.0224. The molecule has 3 saturated heterocycles. The van der Waals surface area contributed by atoms with Crippen LogP contribution in [-0.2, 0) is 4.74 Å². The van der Waals surface area contributed by atoms with Gasteiger partial charge in [-0.25, -0.2) is 4.79 Å². The van der Waals surface area contributed by atoms with Gasteiger partial charge >= 0.3 is 6.09 Å². The molecule has 3 heterocycles. The maximum atomic E-state index is 14.6. The van der Waals surface area contributed by atoms with Crippen molar-refractivity contribution in [1.29, 1.82) is 0 Å². The Morgan fingerprint density at radius 2 is 1.73 bits per heavy atom. The Hall–Kier alpha value is -0.815. The maximum absolute atomic E-state index is 14.6. The monoisotopic (exact) mass is 365 g/mol. The zero-order valence-electron chi connectivity index (χ0n) is 16.5. The van der Waals surface area contributed by atoms with E-state index in [-0.39, 0.29) is 24.1 Å². The molecule has 2 atom stereocenters. The van der Waals surface area contributed by atoms with E-state index in [9.17, 15) is 9.18 Å². The van der Waals surface area contributed by atoms with E-state index >= 15 is 0 Å². The van der Waals surface area contributed by atoms with Crippen molar-refractivity contribution in [3.63, 3.8) is 0 Å². The number of nitrogens with one attached hydrogen (secondary N) is 1. The minimum Gasteiger partial charge on any atom is -0.444 e. The van der Waals surface area contributed by atoms with Gasteiger partial charge in [0.05, 0.1) is 5.57 Å². The average molecular weight is 365 g/mol. The lowest BCUT2D eigenvalue weighted by atomic mass is 9.69. The van der Waals surface area contributed by atoms with Crippen LogP contribution in [0.5, 0.6) is 0 Å². The Kier molecular flexibility index (Phi) is 5.60. The predicted octanol–water partition coefficient (Wildman–Crippen LogP) is 2.30. The molecule has 0 aliphatic carbocycles. The second-order valence-corrected chi connectivity index (χ2v) is 9.41. The second kappa shape index (κ2) is 7.31. The highest BCUT2D eigenvalue weighted by Gasteiger charge is 2.44. The first-order valence-corrected chi connectivity index (χ1v) is 10.0. The first kappa shape index (κ1) is 19.9. The van der Waals surface area contributed by atoms with Crippen LogP contribution in [0.15, 0.2) is 0 Å². The minimum absolute atomic E-state index is 0.178. The summed E-state index contributed by atoms with van der Waals surface area (Å²) in [6.45, 7) is 10.1. The fourth-order valence-electron chi connectivity index (χ4n) is 4.66. The van der Waals surface area contributed by atoms with Gasteiger partial charge in [0.1, 0.15) is 13.4 Å². The molecule has 3 rings (SSSR count). The third-order valence-corrected chi connectivity index (χ3v) is 6.32. The maximum Gasteiger partial charge on any atom is 0.410 e. The Balaban J connectivity index is 1.50. The van der Waals surface area contributed by atoms with Gasteiger partial charge in [-0.15, -0.1) is 0 Å². The lowest BCUT2D eigenvalue weighted by Crippen LogP contribution is -2.62. The van der Waals surface area contributed by atoms with Gasteiger partial charge in [0.25, 0.3) is 0 Å². The van der Waals surface area contributed by atoms with Crippen LogP contribution in [0, 0.1) is 5.41 Å². The summed E-state index contributed by atoms with van der Waals surface area (Å²) in [6.07, 6.45) is 4.71. The highest BCUT2D eigenvalue weighted by Crippen LogP contribution is 2.42. The quantitative estimate of drug-likeness (QED) is 0.725. The van der Waals surface area contributed by atoms with Gasteiger partial charge in [-0.2, -0.15) is 0 Å². The number of carbonyl (C=O) groups excluding carboxylic acids is 1. The summed E-state index contributed by atoms with van der Waals surface area (Å²) >= 11 is 0. The van der Waals surface area contributed by atoms with E-state index < -0.39 is 11.2 Å². The minimum atomic E-state index is -1.64. The number of piperidine rings is 3. The van der Waals surface area contributed by atoms with Crippen LogP contribution in [0.4, 0.5) is 9.18 Å². The fourth-order valence-corrected chi connectivity index (χ4v) is 4.66. The van der Waals surface area contributed by atoms with Gasteiger partial charge in [0.15, 0.2) is 0 Å². The number of alkyl halides is 1. The van der Waals surface area contributed by atoms with Crippen molar-refractivity contribution in [1.82, 2.24) is 15.1 Å². The van der Waals surface area contributed by atoms with Gasteiger partial charge < -0.3 is 15.0 Å². The molecule has 0 aromatic heterocycles. The summed E-state index contributed by atoms with van der Waals surface area (Å²) < 4.78 is 20.1. The van der Waals surface area contributed by atoms with Crippen molar-refractivity contribution < 1.29 is 13.9 Å². The molecule has 1 amide bonds. The SMILES string of the molecule is [B]C1(F)CNCC[C@H]1N1CCC2(CCN(C(=O)OC(C)(C)C)CC2)CC1. The summed E-state index contributed by atoms with van der Waals surface area (Å²) in [5.74, 6) is 0. The number of likely N-dealkylation sites (tertiary alicyclic amines) is 2. The van der Waals surface area contributed by atoms with Gasteiger partial charge in [-0.05, 0) is 77.9 Å². The molecule has 3 aliphatic rings. The summed E-state index contributed by atoms with van der Waals surface area (Å²) in [5.41, 5.74) is -1.80. The molecule has 26 heavy (non-hydrogen) atoms. The molecule has 7 heteroatoms.